The maximum Gasteiger partial charge on any atom is 0.101 e. The van der Waals surface area contributed by atoms with E-state index in [0.29, 0.717) is 12.8 Å². The quantitative estimate of drug-likeness (QED) is 0.594. The van der Waals surface area contributed by atoms with Gasteiger partial charge in [0.2, 0.25) is 0 Å². The molecule has 0 aromatic heterocycles. The number of benzene rings is 1. The number of hydrogen-bond acceptors (Lipinski definition) is 1. The second kappa shape index (κ2) is 2.66. The number of aliphatic imine (C=N–C) groups is 1. The van der Waals surface area contributed by atoms with Crippen LogP contribution in [-0.4, -0.2) is 12.4 Å². The zero-order valence-corrected chi connectivity index (χ0v) is 7.91. The van der Waals surface area contributed by atoms with Crippen LogP contribution >= 0.6 is 0 Å². The normalized spacial score (nSPS) is 33.9. The molecule has 0 radical (unpaired) electrons. The Labute approximate surface area is 82.7 Å². The minimum Gasteiger partial charge on any atom is -0.260 e. The Morgan fingerprint density at radius 2 is 2.21 bits per heavy atom. The van der Waals surface area contributed by atoms with Crippen LogP contribution in [0.3, 0.4) is 0 Å². The van der Waals surface area contributed by atoms with Gasteiger partial charge < -0.3 is 0 Å². The molecule has 1 saturated carbocycles. The first-order chi connectivity index (χ1) is 6.80. The number of fused-ring (bicyclic) bond motifs is 2. The average Bonchev–Trinajstić information content (AvgIpc) is 2.75. The Bertz CT molecular complexity index is 399. The highest BCUT2D eigenvalue weighted by Gasteiger charge is 2.43. The molecule has 0 N–H and O–H groups in total. The van der Waals surface area contributed by atoms with Crippen molar-refractivity contribution in [1.29, 1.82) is 0 Å². The molecule has 0 saturated heterocycles. The molecule has 1 aromatic carbocycles. The Kier molecular flexibility index (Phi) is 1.55. The summed E-state index contributed by atoms with van der Waals surface area (Å²) >= 11 is 0. The standard InChI is InChI=1S/C12H12FN/c13-9-5-6-12(7-9)8-14-11-4-2-1-3-10(11)12/h1-4,8-9H,5-7H2. The highest BCUT2D eigenvalue weighted by molar-refractivity contribution is 5.85. The van der Waals surface area contributed by atoms with Gasteiger partial charge in [-0.2, -0.15) is 0 Å². The van der Waals surface area contributed by atoms with E-state index in [1.807, 2.05) is 24.4 Å². The Hall–Kier alpha value is -1.18. The molecule has 0 bridgehead atoms. The number of para-hydroxylation sites is 1. The summed E-state index contributed by atoms with van der Waals surface area (Å²) in [4.78, 5) is 4.38. The third kappa shape index (κ3) is 0.969. The van der Waals surface area contributed by atoms with Crippen molar-refractivity contribution in [1.82, 2.24) is 0 Å². The third-order valence-electron chi connectivity index (χ3n) is 3.38. The maximum absolute atomic E-state index is 13.3. The zero-order valence-electron chi connectivity index (χ0n) is 7.91. The highest BCUT2D eigenvalue weighted by atomic mass is 19.1. The molecule has 1 aliphatic heterocycles. The van der Waals surface area contributed by atoms with Gasteiger partial charge in [0.15, 0.2) is 0 Å². The summed E-state index contributed by atoms with van der Waals surface area (Å²) in [7, 11) is 0. The van der Waals surface area contributed by atoms with Gasteiger partial charge in [-0.25, -0.2) is 4.39 Å². The SMILES string of the molecule is FC1CCC2(C=Nc3ccccc32)C1. The lowest BCUT2D eigenvalue weighted by atomic mass is 9.81. The van der Waals surface area contributed by atoms with Gasteiger partial charge in [0.25, 0.3) is 0 Å². The van der Waals surface area contributed by atoms with Crippen LogP contribution < -0.4 is 0 Å². The molecule has 2 heteroatoms. The fourth-order valence-electron chi connectivity index (χ4n) is 2.65. The van der Waals surface area contributed by atoms with E-state index in [1.165, 1.54) is 5.56 Å². The largest absolute Gasteiger partial charge is 0.260 e. The number of nitrogens with zero attached hydrogens (tertiary/aromatic N) is 1. The molecule has 1 spiro atoms. The molecule has 3 rings (SSSR count). The fourth-order valence-corrected chi connectivity index (χ4v) is 2.65. The van der Waals surface area contributed by atoms with E-state index in [2.05, 4.69) is 11.1 Å². The van der Waals surface area contributed by atoms with Gasteiger partial charge in [0, 0.05) is 11.6 Å². The van der Waals surface area contributed by atoms with Gasteiger partial charge in [0.05, 0.1) is 5.69 Å². The second-order valence-corrected chi connectivity index (χ2v) is 4.27. The van der Waals surface area contributed by atoms with E-state index < -0.39 is 6.17 Å². The van der Waals surface area contributed by atoms with Gasteiger partial charge >= 0.3 is 0 Å². The van der Waals surface area contributed by atoms with Crippen LogP contribution in [0, 0.1) is 0 Å². The Morgan fingerprint density at radius 1 is 1.36 bits per heavy atom. The predicted molar refractivity (Wildman–Crippen MR) is 55.0 cm³/mol. The summed E-state index contributed by atoms with van der Waals surface area (Å²) in [6, 6.07) is 8.09. The Morgan fingerprint density at radius 3 is 3.00 bits per heavy atom. The van der Waals surface area contributed by atoms with Crippen molar-refractivity contribution < 1.29 is 4.39 Å². The van der Waals surface area contributed by atoms with Crippen LogP contribution in [0.4, 0.5) is 10.1 Å². The summed E-state index contributed by atoms with van der Waals surface area (Å²) in [5.41, 5.74) is 2.18. The summed E-state index contributed by atoms with van der Waals surface area (Å²) in [6.07, 6.45) is 3.52. The second-order valence-electron chi connectivity index (χ2n) is 4.27. The first-order valence-electron chi connectivity index (χ1n) is 5.09. The molecular weight excluding hydrogens is 177 g/mol. The van der Waals surface area contributed by atoms with Crippen molar-refractivity contribution in [2.75, 3.05) is 0 Å². The van der Waals surface area contributed by atoms with Gasteiger partial charge in [-0.05, 0) is 30.9 Å². The van der Waals surface area contributed by atoms with Crippen LogP contribution in [0.15, 0.2) is 29.3 Å². The molecule has 1 aliphatic carbocycles. The van der Waals surface area contributed by atoms with Crippen molar-refractivity contribution in [3.63, 3.8) is 0 Å². The minimum absolute atomic E-state index is 0.0734. The van der Waals surface area contributed by atoms with E-state index in [0.717, 1.165) is 12.1 Å². The molecule has 0 amide bonds. The Balaban J connectivity index is 2.09. The van der Waals surface area contributed by atoms with E-state index in [-0.39, 0.29) is 5.41 Å². The molecule has 1 nitrogen and oxygen atoms in total. The van der Waals surface area contributed by atoms with Gasteiger partial charge in [-0.15, -0.1) is 0 Å². The van der Waals surface area contributed by atoms with Crippen LogP contribution in [0.2, 0.25) is 0 Å². The summed E-state index contributed by atoms with van der Waals surface area (Å²) < 4.78 is 13.3. The summed E-state index contributed by atoms with van der Waals surface area (Å²) in [5.74, 6) is 0. The molecule has 72 valence electrons. The van der Waals surface area contributed by atoms with E-state index >= 15 is 0 Å². The average molecular weight is 189 g/mol. The lowest BCUT2D eigenvalue weighted by Crippen LogP contribution is -2.21. The maximum atomic E-state index is 13.3. The molecule has 1 aromatic rings. The topological polar surface area (TPSA) is 12.4 Å². The summed E-state index contributed by atoms with van der Waals surface area (Å²) in [5, 5.41) is 0. The van der Waals surface area contributed by atoms with Crippen molar-refractivity contribution in [3.05, 3.63) is 29.8 Å². The predicted octanol–water partition coefficient (Wildman–Crippen LogP) is 3.16. The van der Waals surface area contributed by atoms with Crippen LogP contribution in [-0.2, 0) is 5.41 Å². The molecule has 2 unspecified atom stereocenters. The van der Waals surface area contributed by atoms with E-state index in [9.17, 15) is 4.39 Å². The zero-order chi connectivity index (χ0) is 9.60. The summed E-state index contributed by atoms with van der Waals surface area (Å²) in [6.45, 7) is 0. The number of rotatable bonds is 0. The highest BCUT2D eigenvalue weighted by Crippen LogP contribution is 2.47. The van der Waals surface area contributed by atoms with E-state index in [4.69, 9.17) is 0 Å². The molecule has 14 heavy (non-hydrogen) atoms. The molecule has 1 fully saturated rings. The first-order valence-corrected chi connectivity index (χ1v) is 5.09. The fraction of sp³-hybridized carbons (Fsp3) is 0.417. The number of hydrogen-bond donors (Lipinski definition) is 0. The van der Waals surface area contributed by atoms with Crippen molar-refractivity contribution in [2.45, 2.75) is 30.8 Å². The van der Waals surface area contributed by atoms with Crippen molar-refractivity contribution in [3.8, 4) is 0 Å². The minimum atomic E-state index is -0.646. The monoisotopic (exact) mass is 189 g/mol. The molecular formula is C12H12FN. The van der Waals surface area contributed by atoms with Gasteiger partial charge in [-0.3, -0.25) is 4.99 Å². The van der Waals surface area contributed by atoms with Gasteiger partial charge in [-0.1, -0.05) is 18.2 Å². The van der Waals surface area contributed by atoms with E-state index in [1.54, 1.807) is 0 Å². The van der Waals surface area contributed by atoms with Crippen LogP contribution in [0.25, 0.3) is 0 Å². The lowest BCUT2D eigenvalue weighted by Gasteiger charge is -2.20. The van der Waals surface area contributed by atoms with Crippen molar-refractivity contribution >= 4 is 11.9 Å². The van der Waals surface area contributed by atoms with Crippen LogP contribution in [0.1, 0.15) is 24.8 Å². The molecule has 1 heterocycles. The molecule has 2 aliphatic rings. The third-order valence-corrected chi connectivity index (χ3v) is 3.38. The van der Waals surface area contributed by atoms with Gasteiger partial charge in [0.1, 0.15) is 6.17 Å². The molecule has 2 atom stereocenters. The lowest BCUT2D eigenvalue weighted by molar-refractivity contribution is 0.335. The first kappa shape index (κ1) is 8.16. The van der Waals surface area contributed by atoms with Crippen molar-refractivity contribution in [2.24, 2.45) is 4.99 Å². The van der Waals surface area contributed by atoms with Crippen LogP contribution in [0.5, 0.6) is 0 Å². The number of halogens is 1. The number of alkyl halides is 1. The smallest absolute Gasteiger partial charge is 0.101 e.